The highest BCUT2D eigenvalue weighted by Crippen LogP contribution is 2.15. The Morgan fingerprint density at radius 3 is 3.21 bits per heavy atom. The molecular weight excluding hydrogens is 240 g/mol. The van der Waals surface area contributed by atoms with Crippen molar-refractivity contribution in [3.05, 3.63) is 71.3 Å². The molecule has 3 rings (SSSR count). The number of hydrogen-bond donors (Lipinski definition) is 0. The Bertz CT molecular complexity index is 780. The maximum atomic E-state index is 5.54. The minimum atomic E-state index is 0.250. The van der Waals surface area contributed by atoms with E-state index in [0.717, 1.165) is 10.9 Å². The van der Waals surface area contributed by atoms with Crippen molar-refractivity contribution in [1.82, 2.24) is 4.98 Å². The zero-order valence-electron chi connectivity index (χ0n) is 10.1. The summed E-state index contributed by atoms with van der Waals surface area (Å²) >= 11 is 0. The molecule has 0 bridgehead atoms. The number of nitrogens with zero attached hydrogens (tertiary/aromatic N) is 4. The van der Waals surface area contributed by atoms with Crippen molar-refractivity contribution in [2.24, 2.45) is 15.0 Å². The van der Waals surface area contributed by atoms with E-state index in [4.69, 9.17) is 4.74 Å². The Labute approximate surface area is 109 Å². The fraction of sp³-hybridized carbons (Fsp3) is 0.0714. The third-order valence-corrected chi connectivity index (χ3v) is 2.57. The largest absolute Gasteiger partial charge is 0.420 e. The van der Waals surface area contributed by atoms with Crippen LogP contribution in [0.3, 0.4) is 0 Å². The van der Waals surface area contributed by atoms with Crippen LogP contribution in [0.5, 0.6) is 0 Å². The highest BCUT2D eigenvalue weighted by atomic mass is 16.5. The molecule has 0 unspecified atom stereocenters. The molecule has 0 atom stereocenters. The van der Waals surface area contributed by atoms with Crippen LogP contribution >= 0.6 is 0 Å². The molecule has 19 heavy (non-hydrogen) atoms. The molecule has 0 aliphatic carbocycles. The lowest BCUT2D eigenvalue weighted by Gasteiger charge is -2.05. The Hall–Kier alpha value is -2.78. The van der Waals surface area contributed by atoms with Crippen molar-refractivity contribution in [2.75, 3.05) is 6.54 Å². The third kappa shape index (κ3) is 2.41. The van der Waals surface area contributed by atoms with E-state index in [1.807, 2.05) is 12.2 Å². The maximum absolute atomic E-state index is 5.54. The van der Waals surface area contributed by atoms with E-state index in [1.165, 1.54) is 0 Å². The molecule has 0 saturated heterocycles. The average Bonchev–Trinajstić information content (AvgIpc) is 2.59. The number of aliphatic imine (C=N–C) groups is 1. The maximum Gasteiger partial charge on any atom is 0.234 e. The molecule has 1 aromatic heterocycles. The van der Waals surface area contributed by atoms with Crippen LogP contribution in [0.15, 0.2) is 75.6 Å². The van der Waals surface area contributed by atoms with Crippen molar-refractivity contribution < 1.29 is 4.74 Å². The number of pyridine rings is 1. The Morgan fingerprint density at radius 1 is 1.32 bits per heavy atom. The molecule has 2 aliphatic heterocycles. The number of aromatic nitrogens is 1. The zero-order valence-corrected chi connectivity index (χ0v) is 10.1. The monoisotopic (exact) mass is 250 g/mol. The quantitative estimate of drug-likeness (QED) is 0.684. The predicted molar refractivity (Wildman–Crippen MR) is 69.8 cm³/mol. The molecule has 0 radical (unpaired) electrons. The summed E-state index contributed by atoms with van der Waals surface area (Å²) < 4.78 is 5.54. The second kappa shape index (κ2) is 4.84. The first-order valence-corrected chi connectivity index (χ1v) is 5.72. The van der Waals surface area contributed by atoms with Crippen molar-refractivity contribution >= 4 is 5.87 Å². The summed E-state index contributed by atoms with van der Waals surface area (Å²) in [6.07, 6.45) is 8.75. The zero-order chi connectivity index (χ0) is 13.1. The minimum Gasteiger partial charge on any atom is -0.420 e. The van der Waals surface area contributed by atoms with Gasteiger partial charge in [0, 0.05) is 11.8 Å². The Balaban J connectivity index is 2.18. The van der Waals surface area contributed by atoms with E-state index in [9.17, 15) is 0 Å². The second-order valence-electron chi connectivity index (χ2n) is 3.89. The first-order chi connectivity index (χ1) is 9.33. The first-order valence-electron chi connectivity index (χ1n) is 5.72. The molecule has 2 aliphatic rings. The van der Waals surface area contributed by atoms with Gasteiger partial charge in [-0.15, -0.1) is 0 Å². The number of hydrogen-bond acceptors (Lipinski definition) is 5. The lowest BCUT2D eigenvalue weighted by molar-refractivity contribution is 0.295. The highest BCUT2D eigenvalue weighted by Gasteiger charge is 2.09. The topological polar surface area (TPSA) is 59.2 Å². The number of rotatable bonds is 0. The van der Waals surface area contributed by atoms with Gasteiger partial charge in [-0.05, 0) is 24.6 Å². The number of fused-ring (bicyclic) bond motifs is 1. The highest BCUT2D eigenvalue weighted by molar-refractivity contribution is 5.58. The Morgan fingerprint density at radius 2 is 2.26 bits per heavy atom. The summed E-state index contributed by atoms with van der Waals surface area (Å²) in [6.45, 7) is 4.21. The van der Waals surface area contributed by atoms with Crippen molar-refractivity contribution in [3.8, 4) is 0 Å². The molecule has 5 heteroatoms. The van der Waals surface area contributed by atoms with Gasteiger partial charge in [-0.2, -0.15) is 4.99 Å². The van der Waals surface area contributed by atoms with E-state index >= 15 is 0 Å². The number of ether oxygens (including phenoxy) is 1. The van der Waals surface area contributed by atoms with E-state index < -0.39 is 0 Å². The molecule has 5 nitrogen and oxygen atoms in total. The summed E-state index contributed by atoms with van der Waals surface area (Å²) in [5.41, 5.74) is 0.849. The minimum absolute atomic E-state index is 0.250. The summed E-state index contributed by atoms with van der Waals surface area (Å²) in [7, 11) is 0. The summed E-state index contributed by atoms with van der Waals surface area (Å²) in [6, 6.07) is 1.81. The molecule has 0 saturated carbocycles. The van der Waals surface area contributed by atoms with Gasteiger partial charge in [0.05, 0.1) is 18.1 Å². The van der Waals surface area contributed by atoms with Crippen molar-refractivity contribution in [2.45, 2.75) is 0 Å². The molecular formula is C14H10N4O. The fourth-order valence-electron chi connectivity index (χ4n) is 1.69. The molecule has 0 N–H and O–H groups in total. The van der Waals surface area contributed by atoms with Gasteiger partial charge >= 0.3 is 0 Å². The summed E-state index contributed by atoms with van der Waals surface area (Å²) in [4.78, 5) is 16.9. The van der Waals surface area contributed by atoms with Gasteiger partial charge < -0.3 is 4.74 Å². The molecule has 0 aromatic carbocycles. The third-order valence-electron chi connectivity index (χ3n) is 2.57. The van der Waals surface area contributed by atoms with E-state index in [2.05, 4.69) is 32.4 Å². The summed E-state index contributed by atoms with van der Waals surface area (Å²) in [5.74, 6) is 3.42. The molecule has 1 aromatic rings. The second-order valence-corrected chi connectivity index (χ2v) is 3.89. The van der Waals surface area contributed by atoms with Gasteiger partial charge in [-0.3, -0.25) is 9.98 Å². The summed E-state index contributed by atoms with van der Waals surface area (Å²) in [5, 5.41) is 1.39. The van der Waals surface area contributed by atoms with Crippen molar-refractivity contribution in [3.63, 3.8) is 0 Å². The molecule has 0 fully saturated rings. The molecule has 0 spiro atoms. The smallest absolute Gasteiger partial charge is 0.234 e. The Kier molecular flexibility index (Phi) is 2.88. The van der Waals surface area contributed by atoms with Gasteiger partial charge in [0.1, 0.15) is 5.36 Å². The lowest BCUT2D eigenvalue weighted by atomic mass is 10.2. The van der Waals surface area contributed by atoms with Crippen LogP contribution in [0.4, 0.5) is 0 Å². The molecule has 0 amide bonds. The van der Waals surface area contributed by atoms with Crippen LogP contribution in [-0.2, 0) is 4.74 Å². The number of allylic oxidation sites excluding steroid dienone is 2. The van der Waals surface area contributed by atoms with E-state index in [1.54, 1.807) is 24.5 Å². The van der Waals surface area contributed by atoms with Crippen molar-refractivity contribution in [1.29, 1.82) is 0 Å². The van der Waals surface area contributed by atoms with Crippen LogP contribution in [0.2, 0.25) is 0 Å². The average molecular weight is 250 g/mol. The van der Waals surface area contributed by atoms with Gasteiger partial charge in [-0.1, -0.05) is 12.2 Å². The van der Waals surface area contributed by atoms with E-state index in [-0.39, 0.29) is 5.88 Å². The van der Waals surface area contributed by atoms with Gasteiger partial charge in [-0.25, -0.2) is 4.99 Å². The normalized spacial score (nSPS) is 20.5. The molecule has 92 valence electrons. The first kappa shape index (κ1) is 11.3. The van der Waals surface area contributed by atoms with Gasteiger partial charge in [0.15, 0.2) is 0 Å². The van der Waals surface area contributed by atoms with Crippen LogP contribution < -0.4 is 10.7 Å². The van der Waals surface area contributed by atoms with E-state index in [0.29, 0.717) is 17.8 Å². The van der Waals surface area contributed by atoms with Gasteiger partial charge in [0.2, 0.25) is 11.8 Å². The van der Waals surface area contributed by atoms with Crippen LogP contribution in [0.1, 0.15) is 0 Å². The van der Waals surface area contributed by atoms with Crippen LogP contribution in [0.25, 0.3) is 0 Å². The van der Waals surface area contributed by atoms with Crippen LogP contribution in [0, 0.1) is 0 Å². The SMILES string of the molecule is C=C1/N=c2/cncc/c2=N/CC2=C(N=C=CC=C2)O1. The standard InChI is InChI=1S/C14H10N4O/c1-10-18-13-9-15-7-5-12(13)17-8-11-4-2-3-6-16-14(11)19-10/h2-5,7,9H,1,8H2/b17-12-,18-13-. The molecule has 3 heterocycles. The predicted octanol–water partition coefficient (Wildman–Crippen LogP) is 0.830. The van der Waals surface area contributed by atoms with Gasteiger partial charge in [0.25, 0.3) is 0 Å². The lowest BCUT2D eigenvalue weighted by Crippen LogP contribution is -2.26. The fourth-order valence-corrected chi connectivity index (χ4v) is 1.69. The van der Waals surface area contributed by atoms with Crippen LogP contribution in [-0.4, -0.2) is 17.4 Å².